The van der Waals surface area contributed by atoms with Crippen molar-refractivity contribution in [3.63, 3.8) is 0 Å². The monoisotopic (exact) mass is 387 g/mol. The standard InChI is InChI=1S/C23H25N5O/c1-15-12-20-23(26-13-15)22(21(29)14-27-10-8-17(24)9-11-27)16(2)28(20)19-6-4-18(25-3)5-7-19/h4-7,12-13,17H,8-11,14,24H2,1-2H3. The van der Waals surface area contributed by atoms with Crippen LogP contribution in [0.25, 0.3) is 21.6 Å². The molecule has 148 valence electrons. The predicted molar refractivity (Wildman–Crippen MR) is 115 cm³/mol. The number of hydrogen-bond acceptors (Lipinski definition) is 4. The van der Waals surface area contributed by atoms with Crippen molar-refractivity contribution in [1.29, 1.82) is 0 Å². The maximum atomic E-state index is 13.3. The minimum absolute atomic E-state index is 0.0934. The second-order valence-electron chi connectivity index (χ2n) is 7.84. The molecule has 6 heteroatoms. The van der Waals surface area contributed by atoms with Crippen LogP contribution in [0.1, 0.15) is 34.5 Å². The van der Waals surface area contributed by atoms with E-state index in [1.165, 1.54) is 0 Å². The fourth-order valence-corrected chi connectivity index (χ4v) is 4.12. The number of likely N-dealkylation sites (tertiary alicyclic amines) is 1. The fraction of sp³-hybridized carbons (Fsp3) is 0.348. The molecule has 1 fully saturated rings. The van der Waals surface area contributed by atoms with E-state index in [2.05, 4.69) is 25.4 Å². The Hall–Kier alpha value is -3.01. The van der Waals surface area contributed by atoms with Crippen molar-refractivity contribution < 1.29 is 4.79 Å². The average molecular weight is 387 g/mol. The van der Waals surface area contributed by atoms with E-state index in [-0.39, 0.29) is 11.8 Å². The van der Waals surface area contributed by atoms with Crippen LogP contribution < -0.4 is 5.73 Å². The Morgan fingerprint density at radius 1 is 1.24 bits per heavy atom. The summed E-state index contributed by atoms with van der Waals surface area (Å²) < 4.78 is 2.07. The number of rotatable bonds is 4. The summed E-state index contributed by atoms with van der Waals surface area (Å²) in [6, 6.07) is 9.75. The molecule has 29 heavy (non-hydrogen) atoms. The number of nitrogens with zero attached hydrogens (tertiary/aromatic N) is 4. The molecule has 0 amide bonds. The smallest absolute Gasteiger partial charge is 0.187 e. The molecule has 0 aliphatic carbocycles. The lowest BCUT2D eigenvalue weighted by molar-refractivity contribution is 0.0910. The van der Waals surface area contributed by atoms with E-state index in [0.29, 0.717) is 17.8 Å². The molecule has 6 nitrogen and oxygen atoms in total. The van der Waals surface area contributed by atoms with Gasteiger partial charge in [0.25, 0.3) is 0 Å². The number of carbonyl (C=O) groups excluding carboxylic acids is 1. The first-order valence-corrected chi connectivity index (χ1v) is 9.94. The van der Waals surface area contributed by atoms with Crippen LogP contribution >= 0.6 is 0 Å². The lowest BCUT2D eigenvalue weighted by Crippen LogP contribution is -2.42. The van der Waals surface area contributed by atoms with E-state index < -0.39 is 0 Å². The fourth-order valence-electron chi connectivity index (χ4n) is 4.12. The number of nitrogens with two attached hydrogens (primary N) is 1. The Balaban J connectivity index is 1.77. The topological polar surface area (TPSA) is 68.5 Å². The third-order valence-electron chi connectivity index (χ3n) is 5.69. The van der Waals surface area contributed by atoms with Gasteiger partial charge in [-0.1, -0.05) is 12.1 Å². The third kappa shape index (κ3) is 3.67. The number of piperidine rings is 1. The van der Waals surface area contributed by atoms with Crippen molar-refractivity contribution in [3.8, 4) is 5.69 Å². The number of carbonyl (C=O) groups is 1. The van der Waals surface area contributed by atoms with E-state index in [4.69, 9.17) is 12.3 Å². The predicted octanol–water partition coefficient (Wildman–Crippen LogP) is 3.80. The lowest BCUT2D eigenvalue weighted by atomic mass is 10.0. The van der Waals surface area contributed by atoms with E-state index >= 15 is 0 Å². The summed E-state index contributed by atoms with van der Waals surface area (Å²) in [6.45, 7) is 13.2. The van der Waals surface area contributed by atoms with Gasteiger partial charge in [-0.25, -0.2) is 4.85 Å². The number of hydrogen-bond donors (Lipinski definition) is 1. The van der Waals surface area contributed by atoms with Crippen molar-refractivity contribution in [2.45, 2.75) is 32.7 Å². The lowest BCUT2D eigenvalue weighted by Gasteiger charge is -2.29. The molecule has 1 saturated heterocycles. The number of fused-ring (bicyclic) bond motifs is 1. The molecule has 3 aromatic rings. The number of Topliss-reactive ketones (excluding diaryl/α,β-unsaturated/α-hetero) is 1. The highest BCUT2D eigenvalue weighted by atomic mass is 16.1. The maximum absolute atomic E-state index is 13.3. The van der Waals surface area contributed by atoms with Crippen molar-refractivity contribution in [1.82, 2.24) is 14.5 Å². The SMILES string of the molecule is [C-]#[N+]c1ccc(-n2c(C)c(C(=O)CN3CCC(N)CC3)c3ncc(C)cc32)cc1. The Kier molecular flexibility index (Phi) is 5.18. The second-order valence-corrected chi connectivity index (χ2v) is 7.84. The van der Waals surface area contributed by atoms with Crippen LogP contribution in [0, 0.1) is 20.4 Å². The average Bonchev–Trinajstić information content (AvgIpc) is 3.01. The van der Waals surface area contributed by atoms with Crippen molar-refractivity contribution in [2.75, 3.05) is 19.6 Å². The first-order chi connectivity index (χ1) is 14.0. The molecular weight excluding hydrogens is 362 g/mol. The van der Waals surface area contributed by atoms with E-state index in [0.717, 1.165) is 53.9 Å². The zero-order chi connectivity index (χ0) is 20.5. The number of aryl methyl sites for hydroxylation is 1. The van der Waals surface area contributed by atoms with Gasteiger partial charge in [0, 0.05) is 36.7 Å². The van der Waals surface area contributed by atoms with Gasteiger partial charge in [0.1, 0.15) is 0 Å². The minimum Gasteiger partial charge on any atom is -0.328 e. The van der Waals surface area contributed by atoms with Crippen molar-refractivity contribution in [3.05, 3.63) is 64.8 Å². The quantitative estimate of drug-likeness (QED) is 0.546. The molecule has 2 aromatic heterocycles. The summed E-state index contributed by atoms with van der Waals surface area (Å²) in [7, 11) is 0. The summed E-state index contributed by atoms with van der Waals surface area (Å²) in [5.74, 6) is 0.0934. The van der Waals surface area contributed by atoms with Gasteiger partial charge < -0.3 is 10.3 Å². The van der Waals surface area contributed by atoms with Crippen LogP contribution in [0.5, 0.6) is 0 Å². The molecule has 1 aromatic carbocycles. The molecule has 2 N–H and O–H groups in total. The highest BCUT2D eigenvalue weighted by Crippen LogP contribution is 2.30. The van der Waals surface area contributed by atoms with Crippen LogP contribution in [-0.2, 0) is 0 Å². The van der Waals surface area contributed by atoms with Gasteiger partial charge in [-0.3, -0.25) is 14.7 Å². The van der Waals surface area contributed by atoms with Gasteiger partial charge in [0.15, 0.2) is 11.5 Å². The van der Waals surface area contributed by atoms with Crippen LogP contribution in [0.15, 0.2) is 36.5 Å². The Morgan fingerprint density at radius 3 is 2.59 bits per heavy atom. The zero-order valence-corrected chi connectivity index (χ0v) is 16.9. The van der Waals surface area contributed by atoms with Crippen LogP contribution in [0.4, 0.5) is 5.69 Å². The zero-order valence-electron chi connectivity index (χ0n) is 16.9. The minimum atomic E-state index is 0.0934. The molecule has 1 aliphatic heterocycles. The first-order valence-electron chi connectivity index (χ1n) is 9.94. The van der Waals surface area contributed by atoms with Gasteiger partial charge >= 0.3 is 0 Å². The summed E-state index contributed by atoms with van der Waals surface area (Å²) in [5, 5.41) is 0. The molecule has 0 spiro atoms. The van der Waals surface area contributed by atoms with E-state index in [1.54, 1.807) is 12.1 Å². The van der Waals surface area contributed by atoms with Crippen molar-refractivity contribution >= 4 is 22.5 Å². The molecule has 1 aliphatic rings. The summed E-state index contributed by atoms with van der Waals surface area (Å²) in [6.07, 6.45) is 3.67. The number of pyridine rings is 1. The van der Waals surface area contributed by atoms with Gasteiger partial charge in [0.05, 0.1) is 29.7 Å². The van der Waals surface area contributed by atoms with Gasteiger partial charge in [0.2, 0.25) is 0 Å². The van der Waals surface area contributed by atoms with E-state index in [9.17, 15) is 4.79 Å². The Morgan fingerprint density at radius 2 is 1.93 bits per heavy atom. The molecular formula is C23H25N5O. The molecule has 0 atom stereocenters. The summed E-state index contributed by atoms with van der Waals surface area (Å²) >= 11 is 0. The summed E-state index contributed by atoms with van der Waals surface area (Å²) in [4.78, 5) is 23.6. The highest BCUT2D eigenvalue weighted by molar-refractivity contribution is 6.09. The molecule has 0 unspecified atom stereocenters. The van der Waals surface area contributed by atoms with Crippen LogP contribution in [-0.4, -0.2) is 45.9 Å². The van der Waals surface area contributed by atoms with Crippen LogP contribution in [0.3, 0.4) is 0 Å². The Bertz CT molecular complexity index is 1100. The Labute approximate surface area is 170 Å². The summed E-state index contributed by atoms with van der Waals surface area (Å²) in [5.41, 5.74) is 11.8. The van der Waals surface area contributed by atoms with Gasteiger partial charge in [-0.05, 0) is 50.5 Å². The van der Waals surface area contributed by atoms with Crippen molar-refractivity contribution in [2.24, 2.45) is 5.73 Å². The second kappa shape index (κ2) is 7.78. The molecule has 0 radical (unpaired) electrons. The van der Waals surface area contributed by atoms with E-state index in [1.807, 2.05) is 32.2 Å². The number of aromatic nitrogens is 2. The normalized spacial score (nSPS) is 15.5. The largest absolute Gasteiger partial charge is 0.328 e. The van der Waals surface area contributed by atoms with Crippen LogP contribution in [0.2, 0.25) is 0 Å². The first kappa shape index (κ1) is 19.3. The number of benzene rings is 1. The highest BCUT2D eigenvalue weighted by Gasteiger charge is 2.25. The van der Waals surface area contributed by atoms with Gasteiger partial charge in [-0.15, -0.1) is 0 Å². The molecule has 4 rings (SSSR count). The molecule has 0 bridgehead atoms. The van der Waals surface area contributed by atoms with Gasteiger partial charge in [-0.2, -0.15) is 0 Å². The third-order valence-corrected chi connectivity index (χ3v) is 5.69. The molecule has 0 saturated carbocycles. The molecule has 3 heterocycles. The number of ketones is 1. The maximum Gasteiger partial charge on any atom is 0.187 e.